The summed E-state index contributed by atoms with van der Waals surface area (Å²) in [5.41, 5.74) is 7.00. The lowest BCUT2D eigenvalue weighted by Crippen LogP contribution is -2.29. The summed E-state index contributed by atoms with van der Waals surface area (Å²) in [4.78, 5) is 8.10. The van der Waals surface area contributed by atoms with Crippen molar-refractivity contribution in [3.63, 3.8) is 0 Å². The van der Waals surface area contributed by atoms with Crippen molar-refractivity contribution >= 4 is 16.5 Å². The number of rotatable bonds is 4. The molecule has 2 heterocycles. The minimum Gasteiger partial charge on any atom is -0.361 e. The van der Waals surface area contributed by atoms with Crippen LogP contribution in [0.2, 0.25) is 0 Å². The standard InChI is InChI=1S/C15H19FN4S/c16-14-12(2-1-7-18-14)13-9-21-15(20-13)19-8-10-3-5-11(17)6-4-10/h1-2,7,9-11H,3-6,8,17H2,(H,19,20). The number of anilines is 1. The first-order valence-electron chi connectivity index (χ1n) is 7.28. The van der Waals surface area contributed by atoms with Crippen molar-refractivity contribution in [3.05, 3.63) is 29.7 Å². The number of halogens is 1. The van der Waals surface area contributed by atoms with Crippen LogP contribution in [-0.4, -0.2) is 22.6 Å². The maximum atomic E-state index is 13.6. The number of pyridine rings is 1. The molecule has 0 aliphatic heterocycles. The molecule has 0 atom stereocenters. The van der Waals surface area contributed by atoms with Crippen LogP contribution in [0.25, 0.3) is 11.3 Å². The summed E-state index contributed by atoms with van der Waals surface area (Å²) in [6, 6.07) is 3.79. The molecule has 112 valence electrons. The van der Waals surface area contributed by atoms with Gasteiger partial charge in [-0.2, -0.15) is 4.39 Å². The molecular weight excluding hydrogens is 287 g/mol. The molecule has 2 aromatic rings. The fourth-order valence-electron chi connectivity index (χ4n) is 2.68. The van der Waals surface area contributed by atoms with Gasteiger partial charge in [0.25, 0.3) is 0 Å². The third-order valence-electron chi connectivity index (χ3n) is 3.97. The van der Waals surface area contributed by atoms with Crippen LogP contribution in [0.15, 0.2) is 23.7 Å². The van der Waals surface area contributed by atoms with Crippen molar-refractivity contribution in [2.45, 2.75) is 31.7 Å². The molecule has 4 nitrogen and oxygen atoms in total. The molecule has 1 aliphatic rings. The van der Waals surface area contributed by atoms with Gasteiger partial charge in [0.15, 0.2) is 5.13 Å². The van der Waals surface area contributed by atoms with Crippen LogP contribution >= 0.6 is 11.3 Å². The summed E-state index contributed by atoms with van der Waals surface area (Å²) in [7, 11) is 0. The van der Waals surface area contributed by atoms with E-state index >= 15 is 0 Å². The number of hydrogen-bond acceptors (Lipinski definition) is 5. The highest BCUT2D eigenvalue weighted by Crippen LogP contribution is 2.27. The molecule has 0 saturated heterocycles. The lowest BCUT2D eigenvalue weighted by molar-refractivity contribution is 0.339. The van der Waals surface area contributed by atoms with Crippen LogP contribution < -0.4 is 11.1 Å². The Hall–Kier alpha value is -1.53. The largest absolute Gasteiger partial charge is 0.361 e. The Bertz CT molecular complexity index is 593. The van der Waals surface area contributed by atoms with E-state index in [1.807, 2.05) is 5.38 Å². The predicted molar refractivity (Wildman–Crippen MR) is 83.7 cm³/mol. The Morgan fingerprint density at radius 3 is 2.90 bits per heavy atom. The number of hydrogen-bond donors (Lipinski definition) is 2. The third kappa shape index (κ3) is 3.57. The molecule has 6 heteroatoms. The molecule has 0 radical (unpaired) electrons. The van der Waals surface area contributed by atoms with E-state index in [1.54, 1.807) is 12.1 Å². The summed E-state index contributed by atoms with van der Waals surface area (Å²) < 4.78 is 13.6. The van der Waals surface area contributed by atoms with E-state index in [0.717, 1.165) is 24.5 Å². The SMILES string of the molecule is NC1CCC(CNc2nc(-c3cccnc3F)cs2)CC1. The molecule has 0 spiro atoms. The Labute approximate surface area is 127 Å². The molecule has 0 bridgehead atoms. The van der Waals surface area contributed by atoms with Crippen LogP contribution in [0.5, 0.6) is 0 Å². The molecule has 0 unspecified atom stereocenters. The zero-order chi connectivity index (χ0) is 14.7. The molecule has 3 N–H and O–H groups in total. The van der Waals surface area contributed by atoms with E-state index in [1.165, 1.54) is 30.4 Å². The molecular formula is C15H19FN4S. The van der Waals surface area contributed by atoms with E-state index < -0.39 is 5.95 Å². The zero-order valence-electron chi connectivity index (χ0n) is 11.8. The maximum absolute atomic E-state index is 13.6. The van der Waals surface area contributed by atoms with E-state index in [-0.39, 0.29) is 0 Å². The fraction of sp³-hybridized carbons (Fsp3) is 0.467. The number of nitrogens with two attached hydrogens (primary N) is 1. The summed E-state index contributed by atoms with van der Waals surface area (Å²) in [6.45, 7) is 0.912. The average Bonchev–Trinajstić information content (AvgIpc) is 2.96. The van der Waals surface area contributed by atoms with Gasteiger partial charge in [0.1, 0.15) is 0 Å². The Kier molecular flexibility index (Phi) is 4.45. The Balaban J connectivity index is 1.59. The van der Waals surface area contributed by atoms with Crippen molar-refractivity contribution in [1.29, 1.82) is 0 Å². The maximum Gasteiger partial charge on any atom is 0.222 e. The first-order chi connectivity index (χ1) is 10.2. The van der Waals surface area contributed by atoms with Crippen molar-refractivity contribution in [1.82, 2.24) is 9.97 Å². The molecule has 2 aromatic heterocycles. The minimum absolute atomic E-state index is 0.376. The van der Waals surface area contributed by atoms with Gasteiger partial charge >= 0.3 is 0 Å². The molecule has 21 heavy (non-hydrogen) atoms. The Morgan fingerprint density at radius 1 is 1.33 bits per heavy atom. The van der Waals surface area contributed by atoms with Crippen molar-refractivity contribution in [2.75, 3.05) is 11.9 Å². The molecule has 3 rings (SSSR count). The summed E-state index contributed by atoms with van der Waals surface area (Å²) in [5.74, 6) is 0.183. The minimum atomic E-state index is -0.476. The smallest absolute Gasteiger partial charge is 0.222 e. The van der Waals surface area contributed by atoms with Crippen molar-refractivity contribution in [2.24, 2.45) is 11.7 Å². The summed E-state index contributed by atoms with van der Waals surface area (Å²) >= 11 is 1.50. The lowest BCUT2D eigenvalue weighted by Gasteiger charge is -2.25. The van der Waals surface area contributed by atoms with Crippen LogP contribution in [0.1, 0.15) is 25.7 Å². The number of nitrogens with zero attached hydrogens (tertiary/aromatic N) is 2. The van der Waals surface area contributed by atoms with Gasteiger partial charge in [0.2, 0.25) is 5.95 Å². The average molecular weight is 306 g/mol. The third-order valence-corrected chi connectivity index (χ3v) is 4.77. The summed E-state index contributed by atoms with van der Waals surface area (Å²) in [6.07, 6.45) is 6.00. The fourth-order valence-corrected chi connectivity index (χ4v) is 3.40. The van der Waals surface area contributed by atoms with Gasteiger partial charge in [-0.1, -0.05) is 0 Å². The monoisotopic (exact) mass is 306 g/mol. The number of thiazole rings is 1. The summed E-state index contributed by atoms with van der Waals surface area (Å²) in [5, 5.41) is 6.06. The van der Waals surface area contributed by atoms with Gasteiger partial charge in [0, 0.05) is 24.2 Å². The molecule has 1 aliphatic carbocycles. The number of aromatic nitrogens is 2. The second kappa shape index (κ2) is 6.49. The second-order valence-electron chi connectivity index (χ2n) is 5.54. The van der Waals surface area contributed by atoms with E-state index in [4.69, 9.17) is 5.73 Å². The van der Waals surface area contributed by atoms with Crippen LogP contribution in [0.4, 0.5) is 9.52 Å². The molecule has 1 saturated carbocycles. The van der Waals surface area contributed by atoms with Crippen LogP contribution in [0, 0.1) is 11.9 Å². The van der Waals surface area contributed by atoms with Gasteiger partial charge in [-0.25, -0.2) is 9.97 Å². The molecule has 0 amide bonds. The second-order valence-corrected chi connectivity index (χ2v) is 6.40. The van der Waals surface area contributed by atoms with E-state index in [2.05, 4.69) is 15.3 Å². The quantitative estimate of drug-likeness (QED) is 0.851. The van der Waals surface area contributed by atoms with Crippen LogP contribution in [-0.2, 0) is 0 Å². The lowest BCUT2D eigenvalue weighted by atomic mass is 9.86. The molecule has 0 aromatic carbocycles. The zero-order valence-corrected chi connectivity index (χ0v) is 12.6. The van der Waals surface area contributed by atoms with Gasteiger partial charge in [-0.15, -0.1) is 11.3 Å². The number of nitrogens with one attached hydrogen (secondary N) is 1. The highest BCUT2D eigenvalue weighted by molar-refractivity contribution is 7.14. The predicted octanol–water partition coefficient (Wildman–Crippen LogP) is 3.27. The highest BCUT2D eigenvalue weighted by atomic mass is 32.1. The van der Waals surface area contributed by atoms with Crippen LogP contribution in [0.3, 0.4) is 0 Å². The Morgan fingerprint density at radius 2 is 2.14 bits per heavy atom. The van der Waals surface area contributed by atoms with Gasteiger partial charge in [-0.3, -0.25) is 0 Å². The van der Waals surface area contributed by atoms with E-state index in [0.29, 0.717) is 23.2 Å². The van der Waals surface area contributed by atoms with Crippen molar-refractivity contribution < 1.29 is 4.39 Å². The van der Waals surface area contributed by atoms with Gasteiger partial charge in [-0.05, 0) is 43.7 Å². The van der Waals surface area contributed by atoms with Gasteiger partial charge in [0.05, 0.1) is 11.3 Å². The topological polar surface area (TPSA) is 63.8 Å². The van der Waals surface area contributed by atoms with Crippen molar-refractivity contribution in [3.8, 4) is 11.3 Å². The first kappa shape index (κ1) is 14.4. The van der Waals surface area contributed by atoms with Gasteiger partial charge < -0.3 is 11.1 Å². The normalized spacial score (nSPS) is 22.2. The van der Waals surface area contributed by atoms with E-state index in [9.17, 15) is 4.39 Å². The highest BCUT2D eigenvalue weighted by Gasteiger charge is 2.18. The first-order valence-corrected chi connectivity index (χ1v) is 8.16. The molecule has 1 fully saturated rings.